The largest absolute Gasteiger partial charge is 0.454 e. The van der Waals surface area contributed by atoms with Crippen LogP contribution in [0.4, 0.5) is 5.82 Å². The molecule has 0 saturated heterocycles. The number of benzene rings is 1. The third-order valence-corrected chi connectivity index (χ3v) is 5.76. The van der Waals surface area contributed by atoms with Crippen molar-refractivity contribution < 1.29 is 9.47 Å². The summed E-state index contributed by atoms with van der Waals surface area (Å²) in [6.07, 6.45) is 2.63. The fourth-order valence-electron chi connectivity index (χ4n) is 3.22. The Morgan fingerprint density at radius 3 is 2.87 bits per heavy atom. The minimum absolute atomic E-state index is 0.183. The van der Waals surface area contributed by atoms with Crippen molar-refractivity contribution in [2.45, 2.75) is 49.3 Å². The van der Waals surface area contributed by atoms with E-state index in [1.54, 1.807) is 0 Å². The molecule has 0 saturated carbocycles. The third kappa shape index (κ3) is 4.13. The summed E-state index contributed by atoms with van der Waals surface area (Å²) in [7, 11) is 0. The molecule has 1 aliphatic rings. The number of rotatable bonds is 8. The zero-order valence-corrected chi connectivity index (χ0v) is 17.7. The fourth-order valence-corrected chi connectivity index (χ4v) is 4.27. The second-order valence-electron chi connectivity index (χ2n) is 7.19. The van der Waals surface area contributed by atoms with Crippen molar-refractivity contribution in [3.8, 4) is 17.6 Å². The highest BCUT2D eigenvalue weighted by atomic mass is 32.2. The van der Waals surface area contributed by atoms with Crippen molar-refractivity contribution in [1.29, 1.82) is 5.26 Å². The van der Waals surface area contributed by atoms with E-state index in [0.29, 0.717) is 34.5 Å². The molecule has 0 fully saturated rings. The van der Waals surface area contributed by atoms with Gasteiger partial charge < -0.3 is 25.1 Å². The van der Waals surface area contributed by atoms with Crippen LogP contribution in [0.3, 0.4) is 0 Å². The number of nitrogens with two attached hydrogens (primary N) is 1. The van der Waals surface area contributed by atoms with Crippen LogP contribution in [0.2, 0.25) is 0 Å². The van der Waals surface area contributed by atoms with Gasteiger partial charge in [0.25, 0.3) is 0 Å². The second kappa shape index (κ2) is 8.77. The lowest BCUT2D eigenvalue weighted by atomic mass is 10.1. The average molecular weight is 426 g/mol. The van der Waals surface area contributed by atoms with Crippen LogP contribution in [0.1, 0.15) is 25.8 Å². The van der Waals surface area contributed by atoms with Crippen LogP contribution < -0.4 is 20.5 Å². The van der Waals surface area contributed by atoms with Gasteiger partial charge in [-0.25, -0.2) is 15.0 Å². The minimum Gasteiger partial charge on any atom is -0.454 e. The Morgan fingerprint density at radius 2 is 2.10 bits per heavy atom. The molecule has 1 aromatic carbocycles. The molecule has 0 radical (unpaired) electrons. The molecule has 10 heteroatoms. The maximum absolute atomic E-state index is 9.26. The van der Waals surface area contributed by atoms with Gasteiger partial charge in [-0.1, -0.05) is 25.6 Å². The normalized spacial score (nSPS) is 12.6. The summed E-state index contributed by atoms with van der Waals surface area (Å²) < 4.78 is 13.0. The highest BCUT2D eigenvalue weighted by molar-refractivity contribution is 7.99. The molecule has 4 rings (SSSR count). The standard InChI is InChI=1S/C20H23N7O2S/c1-12(2)23-6-3-7-27-19-17(18(22)24-10-25-19)26-20(27)30-16-9-15-14(28-11-29-15)8-13(16)4-5-21/h8-10,12,23H,3-4,6-7,11H2,1-2H3,(H2,22,24,25). The molecule has 0 aliphatic carbocycles. The van der Waals surface area contributed by atoms with Gasteiger partial charge in [-0.05, 0) is 30.7 Å². The van der Waals surface area contributed by atoms with Crippen LogP contribution in [0.25, 0.3) is 11.2 Å². The van der Waals surface area contributed by atoms with Crippen molar-refractivity contribution in [2.75, 3.05) is 19.1 Å². The number of ether oxygens (including phenoxy) is 2. The van der Waals surface area contributed by atoms with E-state index in [-0.39, 0.29) is 13.2 Å². The van der Waals surface area contributed by atoms with E-state index < -0.39 is 0 Å². The van der Waals surface area contributed by atoms with E-state index in [1.807, 2.05) is 12.1 Å². The number of nitrogens with zero attached hydrogens (tertiary/aromatic N) is 5. The number of nitriles is 1. The highest BCUT2D eigenvalue weighted by Crippen LogP contribution is 2.41. The van der Waals surface area contributed by atoms with Crippen molar-refractivity contribution in [2.24, 2.45) is 0 Å². The number of hydrogen-bond donors (Lipinski definition) is 2. The average Bonchev–Trinajstić information content (AvgIpc) is 3.30. The van der Waals surface area contributed by atoms with E-state index in [0.717, 1.165) is 35.1 Å². The monoisotopic (exact) mass is 425 g/mol. The second-order valence-corrected chi connectivity index (χ2v) is 8.20. The first-order valence-electron chi connectivity index (χ1n) is 9.74. The SMILES string of the molecule is CC(C)NCCCn1c(Sc2cc3c(cc2CC#N)OCO3)nc2c(N)ncnc21. The van der Waals surface area contributed by atoms with E-state index in [2.05, 4.69) is 39.8 Å². The molecule has 3 heterocycles. The molecule has 156 valence electrons. The van der Waals surface area contributed by atoms with Gasteiger partial charge in [-0.3, -0.25) is 0 Å². The summed E-state index contributed by atoms with van der Waals surface area (Å²) in [4.78, 5) is 14.1. The van der Waals surface area contributed by atoms with Gasteiger partial charge in [0.05, 0.1) is 12.5 Å². The van der Waals surface area contributed by atoms with E-state index >= 15 is 0 Å². The summed E-state index contributed by atoms with van der Waals surface area (Å²) in [5, 5.41) is 13.4. The molecule has 0 spiro atoms. The van der Waals surface area contributed by atoms with Gasteiger partial charge in [-0.15, -0.1) is 0 Å². The first-order valence-corrected chi connectivity index (χ1v) is 10.6. The molecule has 30 heavy (non-hydrogen) atoms. The van der Waals surface area contributed by atoms with Crippen LogP contribution in [0.5, 0.6) is 11.5 Å². The lowest BCUT2D eigenvalue weighted by Crippen LogP contribution is -2.24. The van der Waals surface area contributed by atoms with Crippen LogP contribution in [-0.2, 0) is 13.0 Å². The van der Waals surface area contributed by atoms with Gasteiger partial charge >= 0.3 is 0 Å². The van der Waals surface area contributed by atoms with Crippen LogP contribution in [-0.4, -0.2) is 38.9 Å². The maximum atomic E-state index is 9.26. The molecule has 0 bridgehead atoms. The summed E-state index contributed by atoms with van der Waals surface area (Å²) in [6.45, 7) is 6.04. The van der Waals surface area contributed by atoms with Crippen molar-refractivity contribution in [1.82, 2.24) is 24.8 Å². The lowest BCUT2D eigenvalue weighted by molar-refractivity contribution is 0.174. The van der Waals surface area contributed by atoms with Crippen LogP contribution in [0.15, 0.2) is 28.5 Å². The molecule has 0 unspecified atom stereocenters. The highest BCUT2D eigenvalue weighted by Gasteiger charge is 2.21. The predicted octanol–water partition coefficient (Wildman–Crippen LogP) is 2.74. The molecule has 0 atom stereocenters. The first-order chi connectivity index (χ1) is 14.6. The summed E-state index contributed by atoms with van der Waals surface area (Å²) in [5.74, 6) is 1.68. The first kappa shape index (κ1) is 20.3. The van der Waals surface area contributed by atoms with E-state index in [9.17, 15) is 5.26 Å². The Labute approximate surface area is 178 Å². The van der Waals surface area contributed by atoms with Gasteiger partial charge in [0.15, 0.2) is 33.6 Å². The zero-order valence-electron chi connectivity index (χ0n) is 16.9. The van der Waals surface area contributed by atoms with Gasteiger partial charge in [0, 0.05) is 17.5 Å². The smallest absolute Gasteiger partial charge is 0.231 e. The van der Waals surface area contributed by atoms with Gasteiger partial charge in [0.1, 0.15) is 6.33 Å². The maximum Gasteiger partial charge on any atom is 0.231 e. The Balaban J connectivity index is 1.69. The van der Waals surface area contributed by atoms with Crippen LogP contribution >= 0.6 is 11.8 Å². The number of hydrogen-bond acceptors (Lipinski definition) is 9. The molecule has 3 aromatic rings. The number of imidazole rings is 1. The summed E-state index contributed by atoms with van der Waals surface area (Å²) in [5.41, 5.74) is 8.20. The number of anilines is 1. The van der Waals surface area contributed by atoms with Crippen molar-refractivity contribution in [3.63, 3.8) is 0 Å². The molecule has 2 aromatic heterocycles. The van der Waals surface area contributed by atoms with Gasteiger partial charge in [-0.2, -0.15) is 5.26 Å². The van der Waals surface area contributed by atoms with E-state index in [4.69, 9.17) is 20.2 Å². The molecule has 1 aliphatic heterocycles. The minimum atomic E-state index is 0.183. The quantitative estimate of drug-likeness (QED) is 0.524. The number of aromatic nitrogens is 4. The van der Waals surface area contributed by atoms with Crippen molar-refractivity contribution >= 4 is 28.7 Å². The van der Waals surface area contributed by atoms with E-state index in [1.165, 1.54) is 18.1 Å². The molecular weight excluding hydrogens is 402 g/mol. The Hall–Kier alpha value is -3.03. The Bertz CT molecular complexity index is 1110. The Morgan fingerprint density at radius 1 is 1.30 bits per heavy atom. The van der Waals surface area contributed by atoms with Crippen molar-refractivity contribution in [3.05, 3.63) is 24.0 Å². The number of nitrogen functional groups attached to an aromatic ring is 1. The zero-order chi connectivity index (χ0) is 21.1. The summed E-state index contributed by atoms with van der Waals surface area (Å²) in [6, 6.07) is 6.41. The van der Waals surface area contributed by atoms with Crippen LogP contribution in [0, 0.1) is 11.3 Å². The number of aryl methyl sites for hydroxylation is 1. The molecule has 3 N–H and O–H groups in total. The van der Waals surface area contributed by atoms with Gasteiger partial charge in [0.2, 0.25) is 6.79 Å². The fraction of sp³-hybridized carbons (Fsp3) is 0.400. The lowest BCUT2D eigenvalue weighted by Gasteiger charge is -2.12. The third-order valence-electron chi connectivity index (χ3n) is 4.66. The molecular formula is C20H23N7O2S. The molecule has 0 amide bonds. The summed E-state index contributed by atoms with van der Waals surface area (Å²) >= 11 is 1.47. The Kier molecular flexibility index (Phi) is 5.92. The number of fused-ring (bicyclic) bond motifs is 2. The number of nitrogens with one attached hydrogen (secondary N) is 1. The predicted molar refractivity (Wildman–Crippen MR) is 113 cm³/mol. The topological polar surface area (TPSA) is 124 Å². The molecule has 9 nitrogen and oxygen atoms in total.